The first-order valence-electron chi connectivity index (χ1n) is 13.5. The molecule has 0 saturated heterocycles. The molecular formula is C32H32N4O3S. The number of benzene rings is 3. The summed E-state index contributed by atoms with van der Waals surface area (Å²) in [7, 11) is -3.83. The monoisotopic (exact) mass is 552 g/mol. The van der Waals surface area contributed by atoms with Crippen LogP contribution in [0.5, 0.6) is 5.75 Å². The van der Waals surface area contributed by atoms with E-state index >= 15 is 0 Å². The Morgan fingerprint density at radius 3 is 2.33 bits per heavy atom. The van der Waals surface area contributed by atoms with Crippen LogP contribution >= 0.6 is 0 Å². The molecule has 2 heterocycles. The number of pyridine rings is 1. The largest absolute Gasteiger partial charge is 0.488 e. The lowest BCUT2D eigenvalue weighted by Crippen LogP contribution is -2.15. The van der Waals surface area contributed by atoms with Crippen LogP contribution in [-0.2, 0) is 29.5 Å². The van der Waals surface area contributed by atoms with Crippen molar-refractivity contribution >= 4 is 26.7 Å². The van der Waals surface area contributed by atoms with Gasteiger partial charge in [-0.05, 0) is 54.7 Å². The summed E-state index contributed by atoms with van der Waals surface area (Å²) in [6.07, 6.45) is 6.93. The van der Waals surface area contributed by atoms with Crippen molar-refractivity contribution in [1.29, 1.82) is 0 Å². The summed E-state index contributed by atoms with van der Waals surface area (Å²) in [5.74, 6) is 0.979. The molecule has 0 aliphatic carbocycles. The molecule has 7 nitrogen and oxygen atoms in total. The normalized spacial score (nSPS) is 11.4. The van der Waals surface area contributed by atoms with Crippen molar-refractivity contribution in [2.75, 3.05) is 4.72 Å². The van der Waals surface area contributed by atoms with Gasteiger partial charge in [-0.15, -0.1) is 0 Å². The highest BCUT2D eigenvalue weighted by atomic mass is 32.2. The molecule has 3 aromatic carbocycles. The fourth-order valence-corrected chi connectivity index (χ4v) is 5.46. The molecule has 5 aromatic rings. The van der Waals surface area contributed by atoms with Gasteiger partial charge in [0.25, 0.3) is 10.0 Å². The predicted molar refractivity (Wildman–Crippen MR) is 159 cm³/mol. The maximum Gasteiger partial charge on any atom is 0.263 e. The summed E-state index contributed by atoms with van der Waals surface area (Å²) in [4.78, 5) is 13.6. The zero-order chi connectivity index (χ0) is 28.0. The predicted octanol–water partition coefficient (Wildman–Crippen LogP) is 6.98. The minimum absolute atomic E-state index is 0.178. The third-order valence-electron chi connectivity index (χ3n) is 6.70. The SMILES string of the molecule is CCCCc1ccc(S(=O)(=O)Nc2nccnc2-c2ccc(COc3cc(CC)nc4ccccc34)cc2)cc1. The second kappa shape index (κ2) is 12.3. The van der Waals surface area contributed by atoms with Crippen molar-refractivity contribution in [3.05, 3.63) is 108 Å². The van der Waals surface area contributed by atoms with Gasteiger partial charge in [0.1, 0.15) is 18.1 Å². The van der Waals surface area contributed by atoms with Crippen molar-refractivity contribution in [2.24, 2.45) is 0 Å². The maximum absolute atomic E-state index is 13.1. The lowest BCUT2D eigenvalue weighted by molar-refractivity contribution is 0.309. The van der Waals surface area contributed by atoms with Crippen LogP contribution in [0.25, 0.3) is 22.2 Å². The minimum atomic E-state index is -3.83. The summed E-state index contributed by atoms with van der Waals surface area (Å²) in [6.45, 7) is 4.59. The number of nitrogens with zero attached hydrogens (tertiary/aromatic N) is 3. The molecule has 0 radical (unpaired) electrons. The molecule has 0 bridgehead atoms. The molecule has 40 heavy (non-hydrogen) atoms. The van der Waals surface area contributed by atoms with Gasteiger partial charge in [-0.25, -0.2) is 13.4 Å². The van der Waals surface area contributed by atoms with E-state index in [1.54, 1.807) is 18.3 Å². The molecule has 0 spiro atoms. The standard InChI is InChI=1S/C32H32N4O3S/c1-3-5-8-23-13-17-27(18-14-23)40(37,38)36-32-31(33-19-20-34-32)25-15-11-24(12-16-25)22-39-30-21-26(4-2)35-29-10-7-6-9-28(29)30/h6-7,9-21H,3-5,8,22H2,1-2H3,(H,34,36). The number of hydrogen-bond donors (Lipinski definition) is 1. The van der Waals surface area contributed by atoms with E-state index in [1.165, 1.54) is 6.20 Å². The van der Waals surface area contributed by atoms with Gasteiger partial charge in [0.15, 0.2) is 5.82 Å². The highest BCUT2D eigenvalue weighted by molar-refractivity contribution is 7.92. The fourth-order valence-electron chi connectivity index (χ4n) is 4.44. The minimum Gasteiger partial charge on any atom is -0.488 e. The van der Waals surface area contributed by atoms with Gasteiger partial charge in [0, 0.05) is 35.1 Å². The summed E-state index contributed by atoms with van der Waals surface area (Å²) >= 11 is 0. The Morgan fingerprint density at radius 2 is 1.57 bits per heavy atom. The first kappa shape index (κ1) is 27.3. The lowest BCUT2D eigenvalue weighted by atomic mass is 10.1. The fraction of sp³-hybridized carbons (Fsp3) is 0.219. The average molecular weight is 553 g/mol. The van der Waals surface area contributed by atoms with Gasteiger partial charge in [-0.1, -0.05) is 68.8 Å². The second-order valence-electron chi connectivity index (χ2n) is 9.57. The number of sulfonamides is 1. The van der Waals surface area contributed by atoms with Gasteiger partial charge >= 0.3 is 0 Å². The average Bonchev–Trinajstić information content (AvgIpc) is 2.99. The molecule has 5 rings (SSSR count). The quantitative estimate of drug-likeness (QED) is 0.190. The number of ether oxygens (including phenoxy) is 1. The van der Waals surface area contributed by atoms with Crippen LogP contribution in [0.2, 0.25) is 0 Å². The first-order chi connectivity index (χ1) is 19.5. The number of rotatable bonds is 11. The Morgan fingerprint density at radius 1 is 0.850 bits per heavy atom. The Bertz CT molecular complexity index is 1700. The van der Waals surface area contributed by atoms with Gasteiger partial charge in [0.2, 0.25) is 0 Å². The molecule has 0 saturated carbocycles. The molecular weight excluding hydrogens is 520 g/mol. The van der Waals surface area contributed by atoms with E-state index in [0.29, 0.717) is 12.3 Å². The summed E-state index contributed by atoms with van der Waals surface area (Å²) in [6, 6.07) is 24.6. The Labute approximate surface area is 235 Å². The van der Waals surface area contributed by atoms with Gasteiger partial charge in [-0.2, -0.15) is 0 Å². The number of anilines is 1. The Hall–Kier alpha value is -4.30. The number of unbranched alkanes of at least 4 members (excludes halogenated alkanes) is 1. The zero-order valence-electron chi connectivity index (χ0n) is 22.7. The Kier molecular flexibility index (Phi) is 8.36. The number of hydrogen-bond acceptors (Lipinski definition) is 6. The zero-order valence-corrected chi connectivity index (χ0v) is 23.5. The van der Waals surface area contributed by atoms with E-state index < -0.39 is 10.0 Å². The van der Waals surface area contributed by atoms with E-state index in [-0.39, 0.29) is 10.7 Å². The molecule has 0 aliphatic rings. The highest BCUT2D eigenvalue weighted by Crippen LogP contribution is 2.28. The van der Waals surface area contributed by atoms with Crippen LogP contribution in [-0.4, -0.2) is 23.4 Å². The second-order valence-corrected chi connectivity index (χ2v) is 11.3. The lowest BCUT2D eigenvalue weighted by Gasteiger charge is -2.13. The summed E-state index contributed by atoms with van der Waals surface area (Å²) in [5, 5.41) is 0.975. The Balaban J connectivity index is 1.32. The smallest absolute Gasteiger partial charge is 0.263 e. The molecule has 0 fully saturated rings. The van der Waals surface area contributed by atoms with E-state index in [0.717, 1.165) is 64.7 Å². The first-order valence-corrected chi connectivity index (χ1v) is 15.0. The van der Waals surface area contributed by atoms with Crippen molar-refractivity contribution in [1.82, 2.24) is 15.0 Å². The third kappa shape index (κ3) is 6.29. The van der Waals surface area contributed by atoms with Gasteiger partial charge in [0.05, 0.1) is 10.4 Å². The van der Waals surface area contributed by atoms with Crippen molar-refractivity contribution in [2.45, 2.75) is 51.0 Å². The number of aromatic nitrogens is 3. The molecule has 8 heteroatoms. The van der Waals surface area contributed by atoms with E-state index in [2.05, 4.69) is 33.5 Å². The molecule has 2 aromatic heterocycles. The number of fused-ring (bicyclic) bond motifs is 1. The molecule has 0 atom stereocenters. The van der Waals surface area contributed by atoms with E-state index in [1.807, 2.05) is 66.7 Å². The molecule has 204 valence electrons. The summed E-state index contributed by atoms with van der Waals surface area (Å²) in [5.41, 5.74) is 5.18. The van der Waals surface area contributed by atoms with Crippen LogP contribution in [0.15, 0.2) is 96.2 Å². The van der Waals surface area contributed by atoms with Crippen molar-refractivity contribution in [3.8, 4) is 17.0 Å². The molecule has 0 unspecified atom stereocenters. The van der Waals surface area contributed by atoms with Crippen molar-refractivity contribution < 1.29 is 13.2 Å². The van der Waals surface area contributed by atoms with Gasteiger partial charge < -0.3 is 4.74 Å². The van der Waals surface area contributed by atoms with E-state index in [9.17, 15) is 8.42 Å². The molecule has 0 amide bonds. The van der Waals surface area contributed by atoms with Crippen LogP contribution in [0.4, 0.5) is 5.82 Å². The van der Waals surface area contributed by atoms with Crippen LogP contribution < -0.4 is 9.46 Å². The molecule has 0 aliphatic heterocycles. The van der Waals surface area contributed by atoms with Crippen LogP contribution in [0.1, 0.15) is 43.5 Å². The maximum atomic E-state index is 13.1. The molecule has 1 N–H and O–H groups in total. The van der Waals surface area contributed by atoms with Crippen molar-refractivity contribution in [3.63, 3.8) is 0 Å². The van der Waals surface area contributed by atoms with Gasteiger partial charge in [-0.3, -0.25) is 14.7 Å². The number of nitrogens with one attached hydrogen (secondary N) is 1. The van der Waals surface area contributed by atoms with E-state index in [4.69, 9.17) is 4.74 Å². The van der Waals surface area contributed by atoms with Crippen LogP contribution in [0.3, 0.4) is 0 Å². The van der Waals surface area contributed by atoms with Crippen LogP contribution in [0, 0.1) is 0 Å². The topological polar surface area (TPSA) is 94.1 Å². The third-order valence-corrected chi connectivity index (χ3v) is 8.05. The highest BCUT2D eigenvalue weighted by Gasteiger charge is 2.18. The summed E-state index contributed by atoms with van der Waals surface area (Å²) < 4.78 is 35.1. The number of para-hydroxylation sites is 1. The number of aryl methyl sites for hydroxylation is 2.